The van der Waals surface area contributed by atoms with E-state index in [9.17, 15) is 0 Å². The molecule has 0 aromatic heterocycles. The number of rotatable bonds is 2. The van der Waals surface area contributed by atoms with Crippen LogP contribution in [0, 0.1) is 11.3 Å². The Morgan fingerprint density at radius 3 is 2.33 bits per heavy atom. The monoisotopic (exact) mass is 252 g/mol. The average molecular weight is 252 g/mol. The maximum atomic E-state index is 3.92. The Kier molecular flexibility index (Phi) is 4.71. The fourth-order valence-corrected chi connectivity index (χ4v) is 3.74. The van der Waals surface area contributed by atoms with Gasteiger partial charge in [-0.05, 0) is 57.0 Å². The van der Waals surface area contributed by atoms with Gasteiger partial charge in [0.25, 0.3) is 0 Å². The molecule has 106 valence electrons. The first kappa shape index (κ1) is 14.3. The molecule has 18 heavy (non-hydrogen) atoms. The highest BCUT2D eigenvalue weighted by atomic mass is 15.2. The van der Waals surface area contributed by atoms with E-state index >= 15 is 0 Å². The fourth-order valence-electron chi connectivity index (χ4n) is 3.74. The van der Waals surface area contributed by atoms with Crippen LogP contribution in [-0.4, -0.2) is 37.1 Å². The van der Waals surface area contributed by atoms with Crippen molar-refractivity contribution >= 4 is 0 Å². The highest BCUT2D eigenvalue weighted by Crippen LogP contribution is 2.36. The van der Waals surface area contributed by atoms with Crippen molar-refractivity contribution in [3.8, 4) is 0 Å². The minimum Gasteiger partial charge on any atom is -0.310 e. The number of nitrogens with one attached hydrogen (secondary N) is 1. The Hall–Kier alpha value is -0.0800. The van der Waals surface area contributed by atoms with Crippen LogP contribution in [0.3, 0.4) is 0 Å². The molecule has 0 aromatic carbocycles. The summed E-state index contributed by atoms with van der Waals surface area (Å²) < 4.78 is 0. The van der Waals surface area contributed by atoms with Gasteiger partial charge < -0.3 is 10.2 Å². The maximum Gasteiger partial charge on any atom is 0.0209 e. The van der Waals surface area contributed by atoms with E-state index in [-0.39, 0.29) is 0 Å². The second kappa shape index (κ2) is 5.92. The van der Waals surface area contributed by atoms with Crippen LogP contribution in [-0.2, 0) is 0 Å². The van der Waals surface area contributed by atoms with Crippen molar-refractivity contribution in [2.75, 3.05) is 20.1 Å². The largest absolute Gasteiger partial charge is 0.310 e. The van der Waals surface area contributed by atoms with E-state index in [0.29, 0.717) is 5.41 Å². The third-order valence-electron chi connectivity index (χ3n) is 5.06. The first-order valence-electron chi connectivity index (χ1n) is 7.90. The maximum absolute atomic E-state index is 3.92. The van der Waals surface area contributed by atoms with Gasteiger partial charge in [0.05, 0.1) is 0 Å². The second-order valence-electron chi connectivity index (χ2n) is 7.68. The van der Waals surface area contributed by atoms with Gasteiger partial charge in [-0.25, -0.2) is 0 Å². The van der Waals surface area contributed by atoms with E-state index in [0.717, 1.165) is 18.0 Å². The van der Waals surface area contributed by atoms with E-state index in [2.05, 4.69) is 38.0 Å². The van der Waals surface area contributed by atoms with Crippen molar-refractivity contribution in [1.82, 2.24) is 10.2 Å². The predicted octanol–water partition coefficient (Wildman–Crippen LogP) is 3.28. The fraction of sp³-hybridized carbons (Fsp3) is 1.00. The molecule has 2 fully saturated rings. The number of hydrogen-bond donors (Lipinski definition) is 1. The minimum absolute atomic E-state index is 0.502. The van der Waals surface area contributed by atoms with Crippen LogP contribution < -0.4 is 5.32 Å². The van der Waals surface area contributed by atoms with Crippen LogP contribution in [0.25, 0.3) is 0 Å². The number of nitrogens with zero attached hydrogens (tertiary/aromatic N) is 1. The SMILES string of the molecule is CN1CCC(NC2CCCC(C(C)(C)C)CC2)C1. The Labute approximate surface area is 114 Å². The van der Waals surface area contributed by atoms with E-state index < -0.39 is 0 Å². The molecule has 2 rings (SSSR count). The zero-order chi connectivity index (χ0) is 13.2. The van der Waals surface area contributed by atoms with Gasteiger partial charge in [0.2, 0.25) is 0 Å². The lowest BCUT2D eigenvalue weighted by molar-refractivity contribution is 0.213. The summed E-state index contributed by atoms with van der Waals surface area (Å²) >= 11 is 0. The van der Waals surface area contributed by atoms with Crippen LogP contribution in [0.4, 0.5) is 0 Å². The standard InChI is InChI=1S/C16H32N2/c1-16(2,3)13-6-5-7-14(9-8-13)17-15-10-11-18(4)12-15/h13-15,17H,5-12H2,1-4H3. The lowest BCUT2D eigenvalue weighted by Crippen LogP contribution is -2.39. The highest BCUT2D eigenvalue weighted by Gasteiger charge is 2.29. The molecule has 0 amide bonds. The van der Waals surface area contributed by atoms with Crippen molar-refractivity contribution in [1.29, 1.82) is 0 Å². The number of hydrogen-bond acceptors (Lipinski definition) is 2. The summed E-state index contributed by atoms with van der Waals surface area (Å²) in [6.45, 7) is 9.76. The zero-order valence-corrected chi connectivity index (χ0v) is 12.8. The smallest absolute Gasteiger partial charge is 0.0209 e. The molecule has 2 aliphatic rings. The summed E-state index contributed by atoms with van der Waals surface area (Å²) in [4.78, 5) is 2.45. The van der Waals surface area contributed by atoms with Gasteiger partial charge in [0, 0.05) is 18.6 Å². The van der Waals surface area contributed by atoms with E-state index in [1.54, 1.807) is 0 Å². The minimum atomic E-state index is 0.502. The molecule has 1 saturated heterocycles. The van der Waals surface area contributed by atoms with Gasteiger partial charge in [0.1, 0.15) is 0 Å². The molecule has 3 unspecified atom stereocenters. The summed E-state index contributed by atoms with van der Waals surface area (Å²) in [6, 6.07) is 1.54. The Morgan fingerprint density at radius 2 is 1.72 bits per heavy atom. The van der Waals surface area contributed by atoms with Crippen molar-refractivity contribution in [2.45, 2.75) is 71.4 Å². The molecule has 1 heterocycles. The van der Waals surface area contributed by atoms with Crippen molar-refractivity contribution < 1.29 is 0 Å². The van der Waals surface area contributed by atoms with Crippen molar-refractivity contribution in [3.63, 3.8) is 0 Å². The Bertz CT molecular complexity index is 256. The molecule has 1 N–H and O–H groups in total. The van der Waals surface area contributed by atoms with E-state index in [4.69, 9.17) is 0 Å². The second-order valence-corrected chi connectivity index (χ2v) is 7.68. The van der Waals surface area contributed by atoms with Crippen LogP contribution in [0.15, 0.2) is 0 Å². The van der Waals surface area contributed by atoms with Crippen molar-refractivity contribution in [2.24, 2.45) is 11.3 Å². The summed E-state index contributed by atoms with van der Waals surface area (Å²) in [5.74, 6) is 0.926. The molecular weight excluding hydrogens is 220 g/mol. The lowest BCUT2D eigenvalue weighted by Gasteiger charge is -2.30. The third kappa shape index (κ3) is 3.96. The molecule has 2 heteroatoms. The normalized spacial score (nSPS) is 35.7. The molecule has 0 aromatic rings. The molecule has 1 aliphatic carbocycles. The number of likely N-dealkylation sites (tertiary alicyclic amines) is 1. The Balaban J connectivity index is 1.78. The molecular formula is C16H32N2. The summed E-state index contributed by atoms with van der Waals surface area (Å²) in [7, 11) is 2.24. The van der Waals surface area contributed by atoms with Crippen LogP contribution in [0.2, 0.25) is 0 Å². The van der Waals surface area contributed by atoms with Gasteiger partial charge >= 0.3 is 0 Å². The third-order valence-corrected chi connectivity index (χ3v) is 5.06. The topological polar surface area (TPSA) is 15.3 Å². The lowest BCUT2D eigenvalue weighted by atomic mass is 9.76. The first-order chi connectivity index (χ1) is 8.45. The summed E-state index contributed by atoms with van der Waals surface area (Å²) in [5.41, 5.74) is 0.502. The zero-order valence-electron chi connectivity index (χ0n) is 12.8. The van der Waals surface area contributed by atoms with Gasteiger partial charge in [-0.15, -0.1) is 0 Å². The van der Waals surface area contributed by atoms with Crippen LogP contribution in [0.1, 0.15) is 59.3 Å². The van der Waals surface area contributed by atoms with Gasteiger partial charge in [-0.3, -0.25) is 0 Å². The molecule has 0 spiro atoms. The van der Waals surface area contributed by atoms with E-state index in [1.807, 2.05) is 0 Å². The van der Waals surface area contributed by atoms with Crippen LogP contribution >= 0.6 is 0 Å². The predicted molar refractivity (Wildman–Crippen MR) is 78.9 cm³/mol. The molecule has 3 atom stereocenters. The quantitative estimate of drug-likeness (QED) is 0.759. The average Bonchev–Trinajstić information content (AvgIpc) is 2.53. The summed E-state index contributed by atoms with van der Waals surface area (Å²) in [5, 5.41) is 3.92. The van der Waals surface area contributed by atoms with E-state index in [1.165, 1.54) is 51.6 Å². The first-order valence-corrected chi connectivity index (χ1v) is 7.90. The molecule has 2 nitrogen and oxygen atoms in total. The summed E-state index contributed by atoms with van der Waals surface area (Å²) in [6.07, 6.45) is 8.41. The Morgan fingerprint density at radius 1 is 0.944 bits per heavy atom. The van der Waals surface area contributed by atoms with Gasteiger partial charge in [-0.1, -0.05) is 27.2 Å². The molecule has 1 aliphatic heterocycles. The number of likely N-dealkylation sites (N-methyl/N-ethyl adjacent to an activating group) is 1. The van der Waals surface area contributed by atoms with Gasteiger partial charge in [0.15, 0.2) is 0 Å². The molecule has 1 saturated carbocycles. The van der Waals surface area contributed by atoms with Crippen molar-refractivity contribution in [3.05, 3.63) is 0 Å². The highest BCUT2D eigenvalue weighted by molar-refractivity contribution is 4.86. The molecule has 0 bridgehead atoms. The molecule has 0 radical (unpaired) electrons. The van der Waals surface area contributed by atoms with Gasteiger partial charge in [-0.2, -0.15) is 0 Å². The van der Waals surface area contributed by atoms with Crippen LogP contribution in [0.5, 0.6) is 0 Å².